The molecule has 8 heteroatoms. The SMILES string of the molecule is CCCOc1ccc(/C=C/c2nc(C3CNCCN3C)no2)cc1OCC.Cl. The molecule has 1 atom stereocenters. The fraction of sp³-hybridized carbons (Fsp3) is 0.500. The van der Waals surface area contributed by atoms with Crippen molar-refractivity contribution in [1.29, 1.82) is 0 Å². The van der Waals surface area contributed by atoms with Crippen LogP contribution >= 0.6 is 12.4 Å². The zero-order chi connectivity index (χ0) is 19.1. The highest BCUT2D eigenvalue weighted by Gasteiger charge is 2.24. The van der Waals surface area contributed by atoms with Gasteiger partial charge >= 0.3 is 0 Å². The molecule has 1 unspecified atom stereocenters. The molecule has 1 aliphatic heterocycles. The van der Waals surface area contributed by atoms with E-state index in [1.807, 2.05) is 37.3 Å². The highest BCUT2D eigenvalue weighted by molar-refractivity contribution is 5.85. The lowest BCUT2D eigenvalue weighted by Gasteiger charge is -2.30. The predicted molar refractivity (Wildman–Crippen MR) is 112 cm³/mol. The zero-order valence-electron chi connectivity index (χ0n) is 16.7. The maximum Gasteiger partial charge on any atom is 0.250 e. The fourth-order valence-electron chi connectivity index (χ4n) is 2.94. The summed E-state index contributed by atoms with van der Waals surface area (Å²) < 4.78 is 16.8. The lowest BCUT2D eigenvalue weighted by molar-refractivity contribution is 0.190. The molecule has 0 bridgehead atoms. The van der Waals surface area contributed by atoms with Gasteiger partial charge in [0.2, 0.25) is 0 Å². The van der Waals surface area contributed by atoms with Crippen molar-refractivity contribution in [2.45, 2.75) is 26.3 Å². The molecule has 1 aromatic carbocycles. The smallest absolute Gasteiger partial charge is 0.250 e. The Hall–Kier alpha value is -2.09. The third-order valence-electron chi connectivity index (χ3n) is 4.41. The van der Waals surface area contributed by atoms with Crippen molar-refractivity contribution in [2.75, 3.05) is 39.9 Å². The van der Waals surface area contributed by atoms with Crippen molar-refractivity contribution in [3.63, 3.8) is 0 Å². The average molecular weight is 409 g/mol. The number of hydrogen-bond donors (Lipinski definition) is 1. The molecule has 1 aromatic heterocycles. The van der Waals surface area contributed by atoms with Crippen LogP contribution in [0.3, 0.4) is 0 Å². The quantitative estimate of drug-likeness (QED) is 0.717. The summed E-state index contributed by atoms with van der Waals surface area (Å²) in [5, 5.41) is 7.50. The summed E-state index contributed by atoms with van der Waals surface area (Å²) in [6.07, 6.45) is 4.72. The molecule has 0 amide bonds. The first-order valence-corrected chi connectivity index (χ1v) is 9.53. The van der Waals surface area contributed by atoms with Gasteiger partial charge in [-0.1, -0.05) is 18.1 Å². The number of benzene rings is 1. The second-order valence-corrected chi connectivity index (χ2v) is 6.51. The van der Waals surface area contributed by atoms with Crippen molar-refractivity contribution < 1.29 is 14.0 Å². The molecule has 154 valence electrons. The molecule has 0 aliphatic carbocycles. The van der Waals surface area contributed by atoms with Gasteiger partial charge in [0.25, 0.3) is 5.89 Å². The topological polar surface area (TPSA) is 72.7 Å². The summed E-state index contributed by atoms with van der Waals surface area (Å²) in [4.78, 5) is 6.75. The zero-order valence-corrected chi connectivity index (χ0v) is 17.5. The second-order valence-electron chi connectivity index (χ2n) is 6.51. The standard InChI is InChI=1S/C20H28N4O3.ClH/c1-4-12-26-17-8-6-15(13-18(17)25-5-2)7-9-19-22-20(23-27-19)16-14-21-10-11-24(16)3;/h6-9,13,16,21H,4-5,10-12,14H2,1-3H3;1H/b9-7+;. The molecule has 1 aliphatic rings. The molecule has 2 aromatic rings. The summed E-state index contributed by atoms with van der Waals surface area (Å²) in [5.74, 6) is 2.72. The Labute approximate surface area is 172 Å². The number of aromatic nitrogens is 2. The maximum atomic E-state index is 5.74. The van der Waals surface area contributed by atoms with Gasteiger partial charge in [0.1, 0.15) is 0 Å². The summed E-state index contributed by atoms with van der Waals surface area (Å²) in [6, 6.07) is 6.02. The van der Waals surface area contributed by atoms with E-state index in [0.717, 1.165) is 43.1 Å². The second kappa shape index (κ2) is 11.0. The van der Waals surface area contributed by atoms with Crippen molar-refractivity contribution >= 4 is 24.6 Å². The van der Waals surface area contributed by atoms with E-state index in [2.05, 4.69) is 34.3 Å². The first-order chi connectivity index (χ1) is 13.2. The number of hydrogen-bond acceptors (Lipinski definition) is 7. The molecular weight excluding hydrogens is 380 g/mol. The van der Waals surface area contributed by atoms with E-state index in [-0.39, 0.29) is 18.4 Å². The van der Waals surface area contributed by atoms with Crippen LogP contribution in [0.15, 0.2) is 22.7 Å². The number of rotatable bonds is 8. The van der Waals surface area contributed by atoms with Gasteiger partial charge in [-0.2, -0.15) is 4.98 Å². The Balaban J connectivity index is 0.00000280. The third kappa shape index (κ3) is 5.70. The van der Waals surface area contributed by atoms with E-state index in [0.29, 0.717) is 24.9 Å². The number of ether oxygens (including phenoxy) is 2. The molecule has 0 spiro atoms. The molecule has 28 heavy (non-hydrogen) atoms. The molecule has 3 rings (SSSR count). The minimum Gasteiger partial charge on any atom is -0.490 e. The number of nitrogens with zero attached hydrogens (tertiary/aromatic N) is 3. The number of nitrogens with one attached hydrogen (secondary N) is 1. The van der Waals surface area contributed by atoms with E-state index < -0.39 is 0 Å². The van der Waals surface area contributed by atoms with E-state index in [4.69, 9.17) is 14.0 Å². The third-order valence-corrected chi connectivity index (χ3v) is 4.41. The minimum atomic E-state index is 0. The number of likely N-dealkylation sites (N-methyl/N-ethyl adjacent to an activating group) is 1. The molecular formula is C20H29ClN4O3. The Bertz CT molecular complexity index is 766. The summed E-state index contributed by atoms with van der Waals surface area (Å²) in [5.41, 5.74) is 0.985. The summed E-state index contributed by atoms with van der Waals surface area (Å²) in [6.45, 7) is 8.08. The van der Waals surface area contributed by atoms with Gasteiger partial charge in [-0.25, -0.2) is 0 Å². The van der Waals surface area contributed by atoms with Crippen LogP contribution in [-0.4, -0.2) is 54.9 Å². The molecule has 1 fully saturated rings. The monoisotopic (exact) mass is 408 g/mol. The number of halogens is 1. The fourth-order valence-corrected chi connectivity index (χ4v) is 2.94. The van der Waals surface area contributed by atoms with Gasteiger partial charge in [-0.15, -0.1) is 12.4 Å². The van der Waals surface area contributed by atoms with Gasteiger partial charge in [-0.3, -0.25) is 4.90 Å². The maximum absolute atomic E-state index is 5.74. The number of piperazine rings is 1. The van der Waals surface area contributed by atoms with Crippen LogP contribution in [0.1, 0.15) is 43.6 Å². The van der Waals surface area contributed by atoms with Gasteiger partial charge in [-0.05, 0) is 44.2 Å². The Morgan fingerprint density at radius 3 is 2.86 bits per heavy atom. The van der Waals surface area contributed by atoms with E-state index in [1.165, 1.54) is 0 Å². The molecule has 1 N–H and O–H groups in total. The van der Waals surface area contributed by atoms with Gasteiger partial charge in [0, 0.05) is 25.7 Å². The first kappa shape index (κ1) is 22.2. The normalized spacial score (nSPS) is 17.5. The van der Waals surface area contributed by atoms with Crippen LogP contribution in [0, 0.1) is 0 Å². The van der Waals surface area contributed by atoms with Crippen LogP contribution in [0.25, 0.3) is 12.2 Å². The van der Waals surface area contributed by atoms with Crippen LogP contribution in [0.2, 0.25) is 0 Å². The van der Waals surface area contributed by atoms with Crippen LogP contribution in [0.4, 0.5) is 0 Å². The molecule has 0 radical (unpaired) electrons. The lowest BCUT2D eigenvalue weighted by atomic mass is 10.2. The van der Waals surface area contributed by atoms with Crippen LogP contribution in [0.5, 0.6) is 11.5 Å². The van der Waals surface area contributed by atoms with Crippen LogP contribution in [-0.2, 0) is 0 Å². The highest BCUT2D eigenvalue weighted by Crippen LogP contribution is 2.29. The van der Waals surface area contributed by atoms with E-state index >= 15 is 0 Å². The van der Waals surface area contributed by atoms with Gasteiger partial charge in [0.15, 0.2) is 17.3 Å². The van der Waals surface area contributed by atoms with Gasteiger partial charge in [0.05, 0.1) is 19.3 Å². The van der Waals surface area contributed by atoms with Crippen molar-refractivity contribution in [3.8, 4) is 11.5 Å². The minimum absolute atomic E-state index is 0. The highest BCUT2D eigenvalue weighted by atomic mass is 35.5. The van der Waals surface area contributed by atoms with Gasteiger partial charge < -0.3 is 19.3 Å². The first-order valence-electron chi connectivity index (χ1n) is 9.53. The Kier molecular flexibility index (Phi) is 8.76. The predicted octanol–water partition coefficient (Wildman–Crippen LogP) is 3.43. The van der Waals surface area contributed by atoms with Crippen molar-refractivity contribution in [1.82, 2.24) is 20.4 Å². The molecule has 2 heterocycles. The summed E-state index contributed by atoms with van der Waals surface area (Å²) in [7, 11) is 2.08. The lowest BCUT2D eigenvalue weighted by Crippen LogP contribution is -2.44. The Morgan fingerprint density at radius 2 is 2.11 bits per heavy atom. The van der Waals surface area contributed by atoms with Crippen LogP contribution < -0.4 is 14.8 Å². The molecule has 7 nitrogen and oxygen atoms in total. The molecule has 0 saturated carbocycles. The summed E-state index contributed by atoms with van der Waals surface area (Å²) >= 11 is 0. The largest absolute Gasteiger partial charge is 0.490 e. The van der Waals surface area contributed by atoms with Crippen molar-refractivity contribution in [3.05, 3.63) is 35.5 Å². The van der Waals surface area contributed by atoms with Crippen molar-refractivity contribution in [2.24, 2.45) is 0 Å². The molecule has 1 saturated heterocycles. The Morgan fingerprint density at radius 1 is 1.25 bits per heavy atom. The van der Waals surface area contributed by atoms with E-state index in [9.17, 15) is 0 Å². The van der Waals surface area contributed by atoms with E-state index in [1.54, 1.807) is 0 Å². The average Bonchev–Trinajstić information content (AvgIpc) is 3.15.